The highest BCUT2D eigenvalue weighted by atomic mass is 32.2. The molecule has 7 nitrogen and oxygen atoms in total. The molecule has 46 heavy (non-hydrogen) atoms. The van der Waals surface area contributed by atoms with E-state index in [1.807, 2.05) is 48.6 Å². The SMILES string of the molecule is CN=S(=O)(/C1=C/[C@@H](C(C)C)[C@@H](CO[Si](C)(C)C(C)(C)C)N(S(=O)(=O)C(C)(C)C)C/C=C\[C@H]1O[Si](C)(C)C(C)(C)C)c1ccccc1. The van der Waals surface area contributed by atoms with E-state index in [2.05, 4.69) is 85.9 Å². The first-order valence-corrected chi connectivity index (χ1v) is 25.3. The highest BCUT2D eigenvalue weighted by Crippen LogP contribution is 2.42. The summed E-state index contributed by atoms with van der Waals surface area (Å²) in [5, 5.41) is -0.168. The Bertz CT molecular complexity index is 1470. The molecule has 0 saturated carbocycles. The summed E-state index contributed by atoms with van der Waals surface area (Å²) in [5.74, 6) is -0.350. The molecule has 11 heteroatoms. The zero-order valence-corrected chi connectivity index (χ0v) is 35.2. The molecule has 4 atom stereocenters. The molecule has 264 valence electrons. The maximum Gasteiger partial charge on any atom is 0.219 e. The van der Waals surface area contributed by atoms with Crippen LogP contribution in [0.4, 0.5) is 0 Å². The van der Waals surface area contributed by atoms with Crippen LogP contribution in [0, 0.1) is 11.8 Å². The second-order valence-electron chi connectivity index (χ2n) is 17.0. The lowest BCUT2D eigenvalue weighted by molar-refractivity contribution is 0.145. The van der Waals surface area contributed by atoms with E-state index in [9.17, 15) is 8.42 Å². The normalized spacial score (nSPS) is 24.7. The molecule has 0 aliphatic carbocycles. The molecular formula is C35H64N2O5S2Si2. The molecule has 0 saturated heterocycles. The fourth-order valence-corrected chi connectivity index (χ4v) is 10.7. The largest absolute Gasteiger partial charge is 0.415 e. The van der Waals surface area contributed by atoms with Gasteiger partial charge < -0.3 is 8.85 Å². The molecule has 1 unspecified atom stereocenters. The van der Waals surface area contributed by atoms with Crippen molar-refractivity contribution in [2.75, 3.05) is 20.2 Å². The van der Waals surface area contributed by atoms with Crippen molar-refractivity contribution in [2.24, 2.45) is 16.2 Å². The minimum absolute atomic E-state index is 0.0106. The van der Waals surface area contributed by atoms with Gasteiger partial charge in [0.15, 0.2) is 16.6 Å². The molecule has 0 N–H and O–H groups in total. The van der Waals surface area contributed by atoms with Crippen LogP contribution in [0.2, 0.25) is 36.3 Å². The average Bonchev–Trinajstić information content (AvgIpc) is 2.98. The minimum atomic E-state index is -3.80. The van der Waals surface area contributed by atoms with Gasteiger partial charge in [-0.2, -0.15) is 4.31 Å². The first kappa shape index (κ1) is 41.1. The van der Waals surface area contributed by atoms with E-state index in [0.29, 0.717) is 9.80 Å². The average molecular weight is 713 g/mol. The van der Waals surface area contributed by atoms with Crippen LogP contribution in [-0.2, 0) is 28.6 Å². The molecule has 1 aliphatic heterocycles. The van der Waals surface area contributed by atoms with Crippen LogP contribution < -0.4 is 0 Å². The van der Waals surface area contributed by atoms with Gasteiger partial charge in [0.25, 0.3) is 0 Å². The van der Waals surface area contributed by atoms with Crippen molar-refractivity contribution in [3.8, 4) is 0 Å². The van der Waals surface area contributed by atoms with Crippen LogP contribution in [0.5, 0.6) is 0 Å². The predicted octanol–water partition coefficient (Wildman–Crippen LogP) is 9.08. The van der Waals surface area contributed by atoms with E-state index in [0.717, 1.165) is 0 Å². The van der Waals surface area contributed by atoms with Gasteiger partial charge in [0, 0.05) is 13.6 Å². The van der Waals surface area contributed by atoms with Crippen LogP contribution in [0.1, 0.15) is 76.2 Å². The maximum atomic E-state index is 15.3. The molecule has 1 aromatic rings. The van der Waals surface area contributed by atoms with Gasteiger partial charge in [0.2, 0.25) is 10.0 Å². The quantitative estimate of drug-likeness (QED) is 0.188. The smallest absolute Gasteiger partial charge is 0.219 e. The molecule has 0 bridgehead atoms. The summed E-state index contributed by atoms with van der Waals surface area (Å²) in [6.45, 7) is 31.7. The van der Waals surface area contributed by atoms with Crippen LogP contribution in [0.25, 0.3) is 0 Å². The fourth-order valence-electron chi connectivity index (χ4n) is 4.87. The number of nitrogens with zero attached hydrogens (tertiary/aromatic N) is 2. The maximum absolute atomic E-state index is 15.3. The lowest BCUT2D eigenvalue weighted by atomic mass is 9.88. The number of benzene rings is 1. The van der Waals surface area contributed by atoms with Crippen molar-refractivity contribution in [1.82, 2.24) is 4.31 Å². The molecule has 1 aromatic carbocycles. The van der Waals surface area contributed by atoms with Gasteiger partial charge in [-0.1, -0.05) is 91.8 Å². The van der Waals surface area contributed by atoms with Gasteiger partial charge in [-0.05, 0) is 81.0 Å². The second kappa shape index (κ2) is 14.4. The van der Waals surface area contributed by atoms with E-state index in [-0.39, 0.29) is 35.1 Å². The van der Waals surface area contributed by atoms with E-state index in [4.69, 9.17) is 8.85 Å². The molecule has 0 fully saturated rings. The number of rotatable bonds is 9. The lowest BCUT2D eigenvalue weighted by Gasteiger charge is -2.43. The van der Waals surface area contributed by atoms with Gasteiger partial charge in [-0.25, -0.2) is 17.0 Å². The predicted molar refractivity (Wildman–Crippen MR) is 201 cm³/mol. The third-order valence-corrected chi connectivity index (χ3v) is 24.2. The molecular weight excluding hydrogens is 649 g/mol. The van der Waals surface area contributed by atoms with E-state index >= 15 is 4.21 Å². The fraction of sp³-hybridized carbons (Fsp3) is 0.714. The van der Waals surface area contributed by atoms with E-state index in [1.165, 1.54) is 0 Å². The van der Waals surface area contributed by atoms with Crippen molar-refractivity contribution >= 4 is 36.4 Å². The van der Waals surface area contributed by atoms with Gasteiger partial charge in [-0.3, -0.25) is 0 Å². The zero-order chi connectivity index (χ0) is 35.7. The third-order valence-electron chi connectivity index (χ3n) is 10.2. The molecule has 0 aromatic heterocycles. The minimum Gasteiger partial charge on any atom is -0.415 e. The van der Waals surface area contributed by atoms with Crippen molar-refractivity contribution in [3.63, 3.8) is 0 Å². The summed E-state index contributed by atoms with van der Waals surface area (Å²) < 4.78 is 63.2. The summed E-state index contributed by atoms with van der Waals surface area (Å²) in [5.41, 5.74) is 0. The highest BCUT2D eigenvalue weighted by molar-refractivity contribution is 7.97. The van der Waals surface area contributed by atoms with Gasteiger partial charge in [0.05, 0.1) is 33.3 Å². The van der Waals surface area contributed by atoms with Gasteiger partial charge in [-0.15, -0.1) is 0 Å². The molecule has 0 spiro atoms. The first-order chi connectivity index (χ1) is 20.6. The number of hydrogen-bond acceptors (Lipinski definition) is 6. The van der Waals surface area contributed by atoms with Crippen molar-refractivity contribution in [2.45, 2.75) is 134 Å². The number of hydrogen-bond donors (Lipinski definition) is 0. The topological polar surface area (TPSA) is 85.3 Å². The van der Waals surface area contributed by atoms with Crippen LogP contribution >= 0.6 is 0 Å². The Morgan fingerprint density at radius 2 is 1.41 bits per heavy atom. The third kappa shape index (κ3) is 8.92. The van der Waals surface area contributed by atoms with E-state index in [1.54, 1.807) is 32.1 Å². The van der Waals surface area contributed by atoms with Gasteiger partial charge in [0.1, 0.15) is 9.73 Å². The standard InChI is InChI=1S/C35H64N2O5S2Si2/c1-27(2)29-25-32(43(38,36-12)28-21-18-17-19-22-28)31(42-46(15,16)35(9,10)11)23-20-24-37(44(39,40)33(3,4)5)30(29)26-41-45(13,14)34(6,7)8/h17-23,25,27,29-31H,24,26H2,1-16H3/b23-20-,32-25+/t29-,30+,31+,43?/m0/s1. The Kier molecular flexibility index (Phi) is 12.9. The second-order valence-corrected chi connectivity index (χ2v) is 31.5. The molecule has 2 rings (SSSR count). The van der Waals surface area contributed by atoms with Crippen LogP contribution in [-0.4, -0.2) is 70.7 Å². The summed E-state index contributed by atoms with van der Waals surface area (Å²) >= 11 is 0. The van der Waals surface area contributed by atoms with Crippen LogP contribution in [0.3, 0.4) is 0 Å². The molecule has 0 radical (unpaired) electrons. The van der Waals surface area contributed by atoms with Gasteiger partial charge >= 0.3 is 0 Å². The zero-order valence-electron chi connectivity index (χ0n) is 31.6. The Hall–Kier alpha value is -1.09. The van der Waals surface area contributed by atoms with Crippen LogP contribution in [0.15, 0.2) is 62.7 Å². The Morgan fingerprint density at radius 1 is 0.891 bits per heavy atom. The first-order valence-electron chi connectivity index (χ1n) is 16.6. The lowest BCUT2D eigenvalue weighted by Crippen LogP contribution is -2.55. The highest BCUT2D eigenvalue weighted by Gasteiger charge is 2.46. The molecule has 0 amide bonds. The van der Waals surface area contributed by atoms with Crippen molar-refractivity contribution in [3.05, 3.63) is 53.5 Å². The molecule has 1 heterocycles. The monoisotopic (exact) mass is 712 g/mol. The Morgan fingerprint density at radius 3 is 1.85 bits per heavy atom. The van der Waals surface area contributed by atoms with Crippen molar-refractivity contribution < 1.29 is 21.5 Å². The van der Waals surface area contributed by atoms with E-state index < -0.39 is 53.3 Å². The number of sulfonamides is 1. The summed E-state index contributed by atoms with van der Waals surface area (Å²) in [4.78, 5) is 1.18. The summed E-state index contributed by atoms with van der Waals surface area (Å²) in [6, 6.07) is 8.83. The summed E-state index contributed by atoms with van der Waals surface area (Å²) in [6.07, 6.45) is 5.19. The van der Waals surface area contributed by atoms with Crippen molar-refractivity contribution in [1.29, 1.82) is 0 Å². The molecule has 1 aliphatic rings. The summed E-state index contributed by atoms with van der Waals surface area (Å²) in [7, 11) is -10.00. The Balaban J connectivity index is 3.06. The Labute approximate surface area is 285 Å².